The minimum Gasteiger partial charge on any atom is -0.382 e. The molecular weight excluding hydrogens is 327 g/mol. The van der Waals surface area contributed by atoms with E-state index >= 15 is 0 Å². The van der Waals surface area contributed by atoms with Crippen LogP contribution in [0.4, 0.5) is 10.2 Å². The van der Waals surface area contributed by atoms with Crippen molar-refractivity contribution in [2.75, 3.05) is 12.3 Å². The molecule has 0 unspecified atom stereocenters. The van der Waals surface area contributed by atoms with Gasteiger partial charge in [0.25, 0.3) is 5.91 Å². The second-order valence-corrected chi connectivity index (χ2v) is 5.23. The molecule has 0 radical (unpaired) electrons. The predicted molar refractivity (Wildman–Crippen MR) is 75.6 cm³/mol. The van der Waals surface area contributed by atoms with Crippen LogP contribution in [0, 0.1) is 5.82 Å². The first-order valence-electron chi connectivity index (χ1n) is 5.95. The first-order valence-corrected chi connectivity index (χ1v) is 6.74. The van der Waals surface area contributed by atoms with Crippen molar-refractivity contribution in [2.45, 2.75) is 6.42 Å². The standard InChI is InChI=1S/C13H10BrFN4O/c14-10-5-18-12(16)11(19-10)8-3-6-1-2-17-13(20)7(6)4-9(8)15/h3-5H,1-2H2,(H2,16,18)(H,17,20). The first-order chi connectivity index (χ1) is 9.56. The number of nitrogens with two attached hydrogens (primary N) is 1. The molecule has 0 spiro atoms. The summed E-state index contributed by atoms with van der Waals surface area (Å²) >= 11 is 3.19. The van der Waals surface area contributed by atoms with Crippen molar-refractivity contribution in [1.29, 1.82) is 0 Å². The van der Waals surface area contributed by atoms with E-state index in [0.29, 0.717) is 23.1 Å². The number of hydrogen-bond acceptors (Lipinski definition) is 4. The molecule has 0 atom stereocenters. The third-order valence-corrected chi connectivity index (χ3v) is 3.53. The summed E-state index contributed by atoms with van der Waals surface area (Å²) in [6, 6.07) is 2.84. The van der Waals surface area contributed by atoms with E-state index in [1.54, 1.807) is 6.07 Å². The Kier molecular flexibility index (Phi) is 3.13. The van der Waals surface area contributed by atoms with E-state index in [-0.39, 0.29) is 23.0 Å². The van der Waals surface area contributed by atoms with Gasteiger partial charge in [0.1, 0.15) is 21.9 Å². The van der Waals surface area contributed by atoms with E-state index in [0.717, 1.165) is 5.56 Å². The van der Waals surface area contributed by atoms with Gasteiger partial charge in [0.2, 0.25) is 0 Å². The fourth-order valence-corrected chi connectivity index (χ4v) is 2.48. The van der Waals surface area contributed by atoms with E-state index in [2.05, 4.69) is 31.2 Å². The molecule has 7 heteroatoms. The molecule has 0 aliphatic carbocycles. The highest BCUT2D eigenvalue weighted by molar-refractivity contribution is 9.10. The molecular formula is C13H10BrFN4O. The van der Waals surface area contributed by atoms with Crippen LogP contribution in [0.2, 0.25) is 0 Å². The molecule has 1 amide bonds. The Labute approximate surface area is 122 Å². The lowest BCUT2D eigenvalue weighted by atomic mass is 9.96. The highest BCUT2D eigenvalue weighted by atomic mass is 79.9. The topological polar surface area (TPSA) is 80.9 Å². The van der Waals surface area contributed by atoms with Crippen LogP contribution in [-0.4, -0.2) is 22.4 Å². The minimum absolute atomic E-state index is 0.146. The van der Waals surface area contributed by atoms with Gasteiger partial charge in [-0.05, 0) is 40.0 Å². The van der Waals surface area contributed by atoms with Crippen molar-refractivity contribution in [3.05, 3.63) is 39.9 Å². The number of nitrogens with zero attached hydrogens (tertiary/aromatic N) is 2. The molecule has 3 rings (SSSR count). The number of aromatic nitrogens is 2. The van der Waals surface area contributed by atoms with Gasteiger partial charge in [-0.25, -0.2) is 14.4 Å². The summed E-state index contributed by atoms with van der Waals surface area (Å²) < 4.78 is 14.7. The van der Waals surface area contributed by atoms with E-state index in [1.807, 2.05) is 0 Å². The molecule has 1 aromatic carbocycles. The van der Waals surface area contributed by atoms with Gasteiger partial charge < -0.3 is 11.1 Å². The molecule has 0 saturated heterocycles. The molecule has 0 bridgehead atoms. The van der Waals surface area contributed by atoms with Crippen LogP contribution < -0.4 is 11.1 Å². The number of nitrogens with one attached hydrogen (secondary N) is 1. The minimum atomic E-state index is -0.542. The molecule has 20 heavy (non-hydrogen) atoms. The average Bonchev–Trinajstić information content (AvgIpc) is 2.42. The smallest absolute Gasteiger partial charge is 0.251 e. The fourth-order valence-electron chi connectivity index (χ4n) is 2.20. The maximum absolute atomic E-state index is 14.2. The zero-order valence-electron chi connectivity index (χ0n) is 10.3. The van der Waals surface area contributed by atoms with Gasteiger partial charge >= 0.3 is 0 Å². The van der Waals surface area contributed by atoms with Crippen LogP contribution >= 0.6 is 15.9 Å². The Morgan fingerprint density at radius 2 is 2.15 bits per heavy atom. The molecule has 5 nitrogen and oxygen atoms in total. The van der Waals surface area contributed by atoms with Gasteiger partial charge in [-0.3, -0.25) is 4.79 Å². The predicted octanol–water partition coefficient (Wildman–Crippen LogP) is 1.91. The highest BCUT2D eigenvalue weighted by Gasteiger charge is 2.21. The molecule has 0 fully saturated rings. The van der Waals surface area contributed by atoms with Crippen LogP contribution in [0.15, 0.2) is 22.9 Å². The second kappa shape index (κ2) is 4.82. The van der Waals surface area contributed by atoms with Crippen LogP contribution in [0.25, 0.3) is 11.3 Å². The Balaban J connectivity index is 2.20. The third kappa shape index (κ3) is 2.14. The van der Waals surface area contributed by atoms with E-state index in [4.69, 9.17) is 5.73 Å². The number of halogens is 2. The van der Waals surface area contributed by atoms with Gasteiger partial charge in [0.05, 0.1) is 6.20 Å². The first kappa shape index (κ1) is 13.0. The summed E-state index contributed by atoms with van der Waals surface area (Å²) in [7, 11) is 0. The summed E-state index contributed by atoms with van der Waals surface area (Å²) in [5.41, 5.74) is 7.42. The van der Waals surface area contributed by atoms with Crippen molar-refractivity contribution in [3.63, 3.8) is 0 Å². The average molecular weight is 337 g/mol. The van der Waals surface area contributed by atoms with Crippen LogP contribution in [0.1, 0.15) is 15.9 Å². The Morgan fingerprint density at radius 3 is 2.95 bits per heavy atom. The number of benzene rings is 1. The zero-order valence-corrected chi connectivity index (χ0v) is 11.9. The maximum atomic E-state index is 14.2. The lowest BCUT2D eigenvalue weighted by Crippen LogP contribution is -2.32. The van der Waals surface area contributed by atoms with E-state index in [9.17, 15) is 9.18 Å². The number of rotatable bonds is 1. The SMILES string of the molecule is Nc1ncc(Br)nc1-c1cc2c(cc1F)C(=O)NCC2. The number of carbonyl (C=O) groups excluding carboxylic acids is 1. The quantitative estimate of drug-likeness (QED) is 0.833. The number of nitrogen functional groups attached to an aromatic ring is 1. The summed E-state index contributed by atoms with van der Waals surface area (Å²) in [6.45, 7) is 0.538. The fraction of sp³-hybridized carbons (Fsp3) is 0.154. The molecule has 1 aliphatic rings. The lowest BCUT2D eigenvalue weighted by molar-refractivity contribution is 0.0945. The number of anilines is 1. The van der Waals surface area contributed by atoms with E-state index < -0.39 is 5.82 Å². The lowest BCUT2D eigenvalue weighted by Gasteiger charge is -2.18. The normalized spacial score (nSPS) is 13.8. The van der Waals surface area contributed by atoms with Crippen LogP contribution in [-0.2, 0) is 6.42 Å². The largest absolute Gasteiger partial charge is 0.382 e. The van der Waals surface area contributed by atoms with Crippen molar-refractivity contribution in [1.82, 2.24) is 15.3 Å². The molecule has 2 aromatic rings. The molecule has 2 heterocycles. The molecule has 1 aliphatic heterocycles. The zero-order chi connectivity index (χ0) is 14.3. The number of fused-ring (bicyclic) bond motifs is 1. The molecule has 102 valence electrons. The molecule has 1 aromatic heterocycles. The number of amides is 1. The van der Waals surface area contributed by atoms with Crippen LogP contribution in [0.3, 0.4) is 0 Å². The van der Waals surface area contributed by atoms with Crippen LogP contribution in [0.5, 0.6) is 0 Å². The number of hydrogen-bond donors (Lipinski definition) is 2. The molecule has 3 N–H and O–H groups in total. The summed E-state index contributed by atoms with van der Waals surface area (Å²) in [4.78, 5) is 19.8. The summed E-state index contributed by atoms with van der Waals surface area (Å²) in [6.07, 6.45) is 2.10. The van der Waals surface area contributed by atoms with Crippen molar-refractivity contribution >= 4 is 27.7 Å². The van der Waals surface area contributed by atoms with Crippen molar-refractivity contribution in [3.8, 4) is 11.3 Å². The highest BCUT2D eigenvalue weighted by Crippen LogP contribution is 2.29. The Hall–Kier alpha value is -2.02. The maximum Gasteiger partial charge on any atom is 0.251 e. The summed E-state index contributed by atoms with van der Waals surface area (Å²) in [5.74, 6) is -0.655. The molecule has 0 saturated carbocycles. The van der Waals surface area contributed by atoms with Gasteiger partial charge in [-0.1, -0.05) is 0 Å². The number of carbonyl (C=O) groups is 1. The Bertz CT molecular complexity index is 720. The van der Waals surface area contributed by atoms with E-state index in [1.165, 1.54) is 12.3 Å². The van der Waals surface area contributed by atoms with Gasteiger partial charge in [-0.2, -0.15) is 0 Å². The summed E-state index contributed by atoms with van der Waals surface area (Å²) in [5, 5.41) is 2.68. The second-order valence-electron chi connectivity index (χ2n) is 4.42. The van der Waals surface area contributed by atoms with Gasteiger partial charge in [-0.15, -0.1) is 0 Å². The van der Waals surface area contributed by atoms with Gasteiger partial charge in [0.15, 0.2) is 0 Å². The van der Waals surface area contributed by atoms with Crippen molar-refractivity contribution < 1.29 is 9.18 Å². The van der Waals surface area contributed by atoms with Gasteiger partial charge in [0, 0.05) is 17.7 Å². The monoisotopic (exact) mass is 336 g/mol. The Morgan fingerprint density at radius 1 is 1.35 bits per heavy atom. The van der Waals surface area contributed by atoms with Crippen molar-refractivity contribution in [2.24, 2.45) is 0 Å². The third-order valence-electron chi connectivity index (χ3n) is 3.14.